The van der Waals surface area contributed by atoms with Gasteiger partial charge in [-0.3, -0.25) is 9.69 Å². The number of benzene rings is 1. The molecule has 3 atom stereocenters. The Balaban J connectivity index is 1.20. The average Bonchev–Trinajstić information content (AvgIpc) is 3.35. The second-order valence-electron chi connectivity index (χ2n) is 9.58. The molecule has 2 heterocycles. The van der Waals surface area contributed by atoms with E-state index in [1.807, 2.05) is 29.5 Å². The molecular formula is C25H32N2O2S. The summed E-state index contributed by atoms with van der Waals surface area (Å²) in [6.45, 7) is 4.05. The Labute approximate surface area is 183 Å². The van der Waals surface area contributed by atoms with Crippen LogP contribution < -0.4 is 0 Å². The molecule has 1 N–H and O–H groups in total. The maximum absolute atomic E-state index is 13.5. The van der Waals surface area contributed by atoms with E-state index >= 15 is 0 Å². The first-order valence-electron chi connectivity index (χ1n) is 11.4. The van der Waals surface area contributed by atoms with E-state index in [2.05, 4.69) is 35.2 Å². The smallest absolute Gasteiger partial charge is 0.260 e. The van der Waals surface area contributed by atoms with Gasteiger partial charge in [-0.1, -0.05) is 49.2 Å². The van der Waals surface area contributed by atoms with Crippen molar-refractivity contribution < 1.29 is 9.90 Å². The molecule has 0 radical (unpaired) electrons. The molecule has 30 heavy (non-hydrogen) atoms. The zero-order valence-electron chi connectivity index (χ0n) is 17.7. The number of amides is 1. The van der Waals surface area contributed by atoms with Crippen molar-refractivity contribution in [1.82, 2.24) is 9.80 Å². The lowest BCUT2D eigenvalue weighted by atomic mass is 9.83. The van der Waals surface area contributed by atoms with Gasteiger partial charge in [0.25, 0.3) is 5.91 Å². The number of likely N-dealkylation sites (tertiary alicyclic amines) is 1. The molecule has 1 saturated heterocycles. The summed E-state index contributed by atoms with van der Waals surface area (Å²) in [6.07, 6.45) is 4.10. The fraction of sp³-hybridized carbons (Fsp3) is 0.560. The summed E-state index contributed by atoms with van der Waals surface area (Å²) in [7, 11) is 1.89. The molecule has 3 unspecified atom stereocenters. The first-order valence-corrected chi connectivity index (χ1v) is 12.2. The largest absolute Gasteiger partial charge is 0.374 e. The average molecular weight is 425 g/mol. The Morgan fingerprint density at radius 2 is 1.83 bits per heavy atom. The molecule has 1 amide bonds. The molecule has 0 spiro atoms. The van der Waals surface area contributed by atoms with Crippen molar-refractivity contribution >= 4 is 17.2 Å². The zero-order chi connectivity index (χ0) is 20.7. The predicted octanol–water partition coefficient (Wildman–Crippen LogP) is 3.96. The Morgan fingerprint density at radius 3 is 2.47 bits per heavy atom. The number of nitrogens with zero attached hydrogens (tertiary/aromatic N) is 2. The lowest BCUT2D eigenvalue weighted by Crippen LogP contribution is -2.50. The SMILES string of the molecule is CN(CC1C2CN(Cc3ccccc3)CC21)C(=O)C(O)(c1cccs1)C1CCCC1. The van der Waals surface area contributed by atoms with Gasteiger partial charge in [-0.05, 0) is 47.6 Å². The van der Waals surface area contributed by atoms with Crippen molar-refractivity contribution in [3.05, 3.63) is 58.3 Å². The lowest BCUT2D eigenvalue weighted by Gasteiger charge is -2.35. The van der Waals surface area contributed by atoms with Crippen molar-refractivity contribution in [2.75, 3.05) is 26.7 Å². The van der Waals surface area contributed by atoms with Crippen LogP contribution in [0, 0.1) is 23.7 Å². The van der Waals surface area contributed by atoms with Gasteiger partial charge in [0.2, 0.25) is 0 Å². The van der Waals surface area contributed by atoms with Crippen molar-refractivity contribution in [2.24, 2.45) is 23.7 Å². The quantitative estimate of drug-likeness (QED) is 0.732. The standard InChI is InChI=1S/C25H32N2O2S/c1-26(24(28)25(29,19-10-5-6-11-19)23-12-7-13-30-23)15-20-21-16-27(17-22(20)21)14-18-8-3-2-4-9-18/h2-4,7-9,12-13,19-22,29H,5-6,10-11,14-17H2,1H3. The van der Waals surface area contributed by atoms with Gasteiger partial charge >= 0.3 is 0 Å². The van der Waals surface area contributed by atoms with Gasteiger partial charge in [-0.15, -0.1) is 11.3 Å². The van der Waals surface area contributed by atoms with Gasteiger partial charge in [0.05, 0.1) is 0 Å². The molecule has 2 saturated carbocycles. The number of hydrogen-bond donors (Lipinski definition) is 1. The third-order valence-electron chi connectivity index (χ3n) is 7.70. The second kappa shape index (κ2) is 8.10. The van der Waals surface area contributed by atoms with E-state index in [0.29, 0.717) is 17.8 Å². The normalized spacial score (nSPS) is 28.3. The summed E-state index contributed by atoms with van der Waals surface area (Å²) in [5.74, 6) is 1.94. The Bertz CT molecular complexity index is 853. The predicted molar refractivity (Wildman–Crippen MR) is 120 cm³/mol. The van der Waals surface area contributed by atoms with E-state index in [0.717, 1.165) is 56.7 Å². The van der Waals surface area contributed by atoms with Crippen LogP contribution in [0.2, 0.25) is 0 Å². The van der Waals surface area contributed by atoms with Gasteiger partial charge in [0, 0.05) is 44.0 Å². The topological polar surface area (TPSA) is 43.8 Å². The van der Waals surface area contributed by atoms with Crippen LogP contribution in [0.5, 0.6) is 0 Å². The highest BCUT2D eigenvalue weighted by molar-refractivity contribution is 7.10. The number of aliphatic hydroxyl groups is 1. The van der Waals surface area contributed by atoms with Crippen LogP contribution in [0.15, 0.2) is 47.8 Å². The van der Waals surface area contributed by atoms with Gasteiger partial charge < -0.3 is 10.0 Å². The fourth-order valence-corrected chi connectivity index (χ4v) is 6.88. The first kappa shape index (κ1) is 20.2. The van der Waals surface area contributed by atoms with Crippen LogP contribution in [-0.2, 0) is 16.9 Å². The molecule has 1 aliphatic heterocycles. The molecule has 3 aliphatic rings. The first-order chi connectivity index (χ1) is 14.6. The highest BCUT2D eigenvalue weighted by Crippen LogP contribution is 2.52. The van der Waals surface area contributed by atoms with Crippen LogP contribution in [0.4, 0.5) is 0 Å². The van der Waals surface area contributed by atoms with E-state index in [4.69, 9.17) is 0 Å². The van der Waals surface area contributed by atoms with Crippen LogP contribution >= 0.6 is 11.3 Å². The molecule has 4 nitrogen and oxygen atoms in total. The molecule has 1 aromatic carbocycles. The van der Waals surface area contributed by atoms with Crippen LogP contribution in [0.3, 0.4) is 0 Å². The summed E-state index contributed by atoms with van der Waals surface area (Å²) >= 11 is 1.51. The minimum atomic E-state index is -1.34. The Morgan fingerprint density at radius 1 is 1.13 bits per heavy atom. The molecule has 5 rings (SSSR count). The maximum Gasteiger partial charge on any atom is 0.260 e. The third-order valence-corrected chi connectivity index (χ3v) is 8.69. The Kier molecular flexibility index (Phi) is 5.46. The molecule has 1 aromatic heterocycles. The summed E-state index contributed by atoms with van der Waals surface area (Å²) in [6, 6.07) is 14.5. The summed E-state index contributed by atoms with van der Waals surface area (Å²) < 4.78 is 0. The van der Waals surface area contributed by atoms with Crippen LogP contribution in [0.1, 0.15) is 36.1 Å². The molecule has 2 aromatic rings. The summed E-state index contributed by atoms with van der Waals surface area (Å²) in [5.41, 5.74) is 0.0307. The second-order valence-corrected chi connectivity index (χ2v) is 10.5. The van der Waals surface area contributed by atoms with Crippen molar-refractivity contribution in [1.29, 1.82) is 0 Å². The molecule has 2 aliphatic carbocycles. The molecule has 3 fully saturated rings. The number of carbonyl (C=O) groups excluding carboxylic acids is 1. The lowest BCUT2D eigenvalue weighted by molar-refractivity contribution is -0.157. The van der Waals surface area contributed by atoms with Crippen molar-refractivity contribution in [3.63, 3.8) is 0 Å². The molecule has 160 valence electrons. The summed E-state index contributed by atoms with van der Waals surface area (Å²) in [5, 5.41) is 13.6. The number of carbonyl (C=O) groups is 1. The number of thiophene rings is 1. The van der Waals surface area contributed by atoms with Crippen LogP contribution in [0.25, 0.3) is 0 Å². The molecule has 5 heteroatoms. The molecule has 0 bridgehead atoms. The van der Waals surface area contributed by atoms with Crippen molar-refractivity contribution in [3.8, 4) is 0 Å². The Hall–Kier alpha value is -1.69. The van der Waals surface area contributed by atoms with Gasteiger partial charge in [-0.25, -0.2) is 0 Å². The number of rotatable bonds is 7. The van der Waals surface area contributed by atoms with E-state index in [-0.39, 0.29) is 11.8 Å². The number of hydrogen-bond acceptors (Lipinski definition) is 4. The van der Waals surface area contributed by atoms with E-state index in [1.165, 1.54) is 16.9 Å². The number of fused-ring (bicyclic) bond motifs is 1. The summed E-state index contributed by atoms with van der Waals surface area (Å²) in [4.78, 5) is 18.7. The van der Waals surface area contributed by atoms with Gasteiger partial charge in [0.1, 0.15) is 0 Å². The molecular weight excluding hydrogens is 392 g/mol. The van der Waals surface area contributed by atoms with E-state index in [1.54, 1.807) is 0 Å². The zero-order valence-corrected chi connectivity index (χ0v) is 18.6. The van der Waals surface area contributed by atoms with Gasteiger partial charge in [-0.2, -0.15) is 0 Å². The fourth-order valence-electron chi connectivity index (χ4n) is 5.99. The van der Waals surface area contributed by atoms with E-state index < -0.39 is 5.60 Å². The number of piperidine rings is 1. The minimum Gasteiger partial charge on any atom is -0.374 e. The number of likely N-dealkylation sites (N-methyl/N-ethyl adjacent to an activating group) is 1. The monoisotopic (exact) mass is 424 g/mol. The minimum absolute atomic E-state index is 0.0474. The third kappa shape index (κ3) is 3.61. The van der Waals surface area contributed by atoms with Crippen molar-refractivity contribution in [2.45, 2.75) is 37.8 Å². The van der Waals surface area contributed by atoms with Gasteiger partial charge in [0.15, 0.2) is 5.60 Å². The highest BCUT2D eigenvalue weighted by Gasteiger charge is 2.57. The highest BCUT2D eigenvalue weighted by atomic mass is 32.1. The maximum atomic E-state index is 13.5. The van der Waals surface area contributed by atoms with E-state index in [9.17, 15) is 9.90 Å². The van der Waals surface area contributed by atoms with Crippen LogP contribution in [-0.4, -0.2) is 47.5 Å².